The molecule has 0 bridgehead atoms. The lowest BCUT2D eigenvalue weighted by atomic mass is 10.2. The zero-order valence-electron chi connectivity index (χ0n) is 15.5. The van der Waals surface area contributed by atoms with E-state index in [4.69, 9.17) is 16.3 Å². The van der Waals surface area contributed by atoms with E-state index in [9.17, 15) is 13.2 Å². The van der Waals surface area contributed by atoms with E-state index in [-0.39, 0.29) is 16.5 Å². The third kappa shape index (κ3) is 5.37. The summed E-state index contributed by atoms with van der Waals surface area (Å²) in [4.78, 5) is 14.1. The van der Waals surface area contributed by atoms with Gasteiger partial charge >= 0.3 is 0 Å². The van der Waals surface area contributed by atoms with Crippen molar-refractivity contribution < 1.29 is 17.9 Å². The minimum absolute atomic E-state index is 0.0146. The SMILES string of the molecule is CCCCN(C)C(=O)c1cccc(S(=O)(=O)Nc2cc(Cl)ccc2OC)c1. The molecule has 0 aromatic heterocycles. The third-order valence-corrected chi connectivity index (χ3v) is 5.59. The first-order valence-electron chi connectivity index (χ1n) is 8.50. The lowest BCUT2D eigenvalue weighted by molar-refractivity contribution is 0.0793. The molecule has 0 aliphatic rings. The molecule has 0 saturated carbocycles. The Balaban J connectivity index is 2.30. The summed E-state index contributed by atoms with van der Waals surface area (Å²) in [5, 5.41) is 0.370. The topological polar surface area (TPSA) is 75.7 Å². The maximum absolute atomic E-state index is 12.8. The highest BCUT2D eigenvalue weighted by Crippen LogP contribution is 2.30. The van der Waals surface area contributed by atoms with Crippen LogP contribution >= 0.6 is 11.6 Å². The van der Waals surface area contributed by atoms with Crippen LogP contribution in [0.2, 0.25) is 5.02 Å². The second-order valence-corrected chi connectivity index (χ2v) is 8.18. The Kier molecular flexibility index (Phi) is 7.10. The normalized spacial score (nSPS) is 11.1. The van der Waals surface area contributed by atoms with E-state index in [0.29, 0.717) is 22.9 Å². The van der Waals surface area contributed by atoms with Crippen molar-refractivity contribution in [2.75, 3.05) is 25.4 Å². The monoisotopic (exact) mass is 410 g/mol. The molecule has 2 aromatic carbocycles. The van der Waals surface area contributed by atoms with Crippen LogP contribution < -0.4 is 9.46 Å². The standard InChI is InChI=1S/C19H23ClN2O4S/c1-4-5-11-22(2)19(23)14-7-6-8-16(12-14)27(24,25)21-17-13-15(20)9-10-18(17)26-3/h6-10,12-13,21H,4-5,11H2,1-3H3. The van der Waals surface area contributed by atoms with E-state index in [1.807, 2.05) is 6.92 Å². The first-order valence-corrected chi connectivity index (χ1v) is 10.4. The fourth-order valence-corrected chi connectivity index (χ4v) is 3.76. The number of unbranched alkanes of at least 4 members (excludes halogenated alkanes) is 1. The lowest BCUT2D eigenvalue weighted by Gasteiger charge is -2.17. The number of anilines is 1. The van der Waals surface area contributed by atoms with Crippen LogP contribution in [-0.2, 0) is 10.0 Å². The van der Waals surface area contributed by atoms with Gasteiger partial charge in [-0.3, -0.25) is 9.52 Å². The summed E-state index contributed by atoms with van der Waals surface area (Å²) in [6.45, 7) is 2.66. The van der Waals surface area contributed by atoms with E-state index in [1.54, 1.807) is 36.2 Å². The summed E-state index contributed by atoms with van der Waals surface area (Å²) in [6, 6.07) is 10.6. The van der Waals surface area contributed by atoms with Gasteiger partial charge < -0.3 is 9.64 Å². The van der Waals surface area contributed by atoms with Gasteiger partial charge in [0, 0.05) is 24.2 Å². The fraction of sp³-hybridized carbons (Fsp3) is 0.316. The van der Waals surface area contributed by atoms with Crippen LogP contribution in [-0.4, -0.2) is 39.9 Å². The van der Waals surface area contributed by atoms with Gasteiger partial charge in [-0.2, -0.15) is 0 Å². The van der Waals surface area contributed by atoms with Crippen molar-refractivity contribution in [1.29, 1.82) is 0 Å². The highest BCUT2D eigenvalue weighted by Gasteiger charge is 2.19. The van der Waals surface area contributed by atoms with Gasteiger partial charge in [-0.15, -0.1) is 0 Å². The van der Waals surface area contributed by atoms with Crippen LogP contribution in [0.3, 0.4) is 0 Å². The number of benzene rings is 2. The Morgan fingerprint density at radius 2 is 1.96 bits per heavy atom. The number of ether oxygens (including phenoxy) is 1. The first kappa shape index (κ1) is 21.1. The van der Waals surface area contributed by atoms with Crippen LogP contribution in [0.1, 0.15) is 30.1 Å². The number of nitrogens with zero attached hydrogens (tertiary/aromatic N) is 1. The first-order chi connectivity index (χ1) is 12.8. The van der Waals surface area contributed by atoms with Crippen LogP contribution in [0, 0.1) is 0 Å². The molecule has 0 spiro atoms. The zero-order valence-corrected chi connectivity index (χ0v) is 17.1. The van der Waals surface area contributed by atoms with Gasteiger partial charge in [0.15, 0.2) is 0 Å². The number of rotatable bonds is 8. The van der Waals surface area contributed by atoms with Crippen LogP contribution in [0.15, 0.2) is 47.4 Å². The average Bonchev–Trinajstić information content (AvgIpc) is 2.65. The molecule has 0 fully saturated rings. The number of sulfonamides is 1. The summed E-state index contributed by atoms with van der Waals surface area (Å²) in [6.07, 6.45) is 1.85. The molecule has 0 aliphatic heterocycles. The second-order valence-electron chi connectivity index (χ2n) is 6.06. The molecule has 0 radical (unpaired) electrons. The Hall–Kier alpha value is -2.25. The number of carbonyl (C=O) groups excluding carboxylic acids is 1. The average molecular weight is 411 g/mol. The molecular weight excluding hydrogens is 388 g/mol. The molecule has 1 N–H and O–H groups in total. The van der Waals surface area contributed by atoms with Crippen molar-refractivity contribution in [3.63, 3.8) is 0 Å². The molecule has 0 unspecified atom stereocenters. The number of carbonyl (C=O) groups is 1. The van der Waals surface area contributed by atoms with Crippen molar-refractivity contribution in [2.45, 2.75) is 24.7 Å². The number of halogens is 1. The maximum atomic E-state index is 12.8. The molecule has 0 heterocycles. The second kappa shape index (κ2) is 9.10. The third-order valence-electron chi connectivity index (χ3n) is 3.99. The predicted octanol–water partition coefficient (Wildman–Crippen LogP) is 4.02. The van der Waals surface area contributed by atoms with Crippen molar-refractivity contribution in [3.8, 4) is 5.75 Å². The van der Waals surface area contributed by atoms with Gasteiger partial charge in [-0.05, 0) is 42.8 Å². The van der Waals surface area contributed by atoms with Gasteiger partial charge in [-0.25, -0.2) is 8.42 Å². The van der Waals surface area contributed by atoms with Gasteiger partial charge in [0.1, 0.15) is 5.75 Å². The number of hydrogen-bond donors (Lipinski definition) is 1. The van der Waals surface area contributed by atoms with E-state index >= 15 is 0 Å². The fourth-order valence-electron chi connectivity index (χ4n) is 2.48. The Labute approximate surface area is 165 Å². The lowest BCUT2D eigenvalue weighted by Crippen LogP contribution is -2.28. The Morgan fingerprint density at radius 1 is 1.22 bits per heavy atom. The number of nitrogens with one attached hydrogen (secondary N) is 1. The van der Waals surface area contributed by atoms with Gasteiger partial charge in [0.05, 0.1) is 17.7 Å². The minimum Gasteiger partial charge on any atom is -0.495 e. The molecule has 27 heavy (non-hydrogen) atoms. The molecule has 6 nitrogen and oxygen atoms in total. The number of amides is 1. The summed E-state index contributed by atoms with van der Waals surface area (Å²) < 4.78 is 33.2. The van der Waals surface area contributed by atoms with E-state index in [1.165, 1.54) is 25.3 Å². The molecule has 0 atom stereocenters. The van der Waals surface area contributed by atoms with E-state index < -0.39 is 10.0 Å². The quantitative estimate of drug-likeness (QED) is 0.713. The molecule has 0 saturated heterocycles. The molecule has 2 aromatic rings. The van der Waals surface area contributed by atoms with Crippen molar-refractivity contribution in [3.05, 3.63) is 53.1 Å². The van der Waals surface area contributed by atoms with Crippen molar-refractivity contribution >= 4 is 33.2 Å². The molecule has 8 heteroatoms. The highest BCUT2D eigenvalue weighted by molar-refractivity contribution is 7.92. The van der Waals surface area contributed by atoms with Gasteiger partial charge in [0.2, 0.25) is 0 Å². The Bertz CT molecular complexity index is 916. The smallest absolute Gasteiger partial charge is 0.262 e. The summed E-state index contributed by atoms with van der Waals surface area (Å²) in [5.74, 6) is 0.121. The largest absolute Gasteiger partial charge is 0.495 e. The van der Waals surface area contributed by atoms with Crippen LogP contribution in [0.5, 0.6) is 5.75 Å². The van der Waals surface area contributed by atoms with Gasteiger partial charge in [0.25, 0.3) is 15.9 Å². The van der Waals surface area contributed by atoms with Crippen LogP contribution in [0.25, 0.3) is 0 Å². The van der Waals surface area contributed by atoms with Crippen molar-refractivity contribution in [2.24, 2.45) is 0 Å². The summed E-state index contributed by atoms with van der Waals surface area (Å²) in [7, 11) is -0.781. The predicted molar refractivity (Wildman–Crippen MR) is 107 cm³/mol. The van der Waals surface area contributed by atoms with E-state index in [0.717, 1.165) is 12.8 Å². The van der Waals surface area contributed by atoms with Crippen molar-refractivity contribution in [1.82, 2.24) is 4.90 Å². The molecule has 1 amide bonds. The summed E-state index contributed by atoms with van der Waals surface area (Å²) in [5.41, 5.74) is 0.538. The highest BCUT2D eigenvalue weighted by atomic mass is 35.5. The minimum atomic E-state index is -3.92. The number of methoxy groups -OCH3 is 1. The maximum Gasteiger partial charge on any atom is 0.262 e. The van der Waals surface area contributed by atoms with Gasteiger partial charge in [-0.1, -0.05) is 31.0 Å². The summed E-state index contributed by atoms with van der Waals surface area (Å²) >= 11 is 5.95. The molecule has 0 aliphatic carbocycles. The Morgan fingerprint density at radius 3 is 2.63 bits per heavy atom. The molecule has 2 rings (SSSR count). The molecule has 146 valence electrons. The van der Waals surface area contributed by atoms with Crippen LogP contribution in [0.4, 0.5) is 5.69 Å². The number of hydrogen-bond acceptors (Lipinski definition) is 4. The molecular formula is C19H23ClN2O4S. The zero-order chi connectivity index (χ0) is 20.0. The van der Waals surface area contributed by atoms with E-state index in [2.05, 4.69) is 4.72 Å².